The minimum Gasteiger partial charge on any atom is -0.333 e. The Kier molecular flexibility index (Phi) is 7.53. The molecule has 0 unspecified atom stereocenters. The van der Waals surface area contributed by atoms with Gasteiger partial charge in [-0.15, -0.1) is 0 Å². The van der Waals surface area contributed by atoms with Gasteiger partial charge in [-0.1, -0.05) is 30.3 Å². The predicted molar refractivity (Wildman–Crippen MR) is 136 cm³/mol. The molecule has 0 bridgehead atoms. The lowest BCUT2D eigenvalue weighted by atomic mass is 9.87. The van der Waals surface area contributed by atoms with Crippen molar-refractivity contribution >= 4 is 11.8 Å². The van der Waals surface area contributed by atoms with E-state index in [4.69, 9.17) is 0 Å². The lowest BCUT2D eigenvalue weighted by molar-refractivity contribution is 0.130. The van der Waals surface area contributed by atoms with Crippen LogP contribution in [0.25, 0.3) is 0 Å². The summed E-state index contributed by atoms with van der Waals surface area (Å²) >= 11 is 0. The van der Waals surface area contributed by atoms with Crippen LogP contribution in [0.3, 0.4) is 0 Å². The van der Waals surface area contributed by atoms with Crippen molar-refractivity contribution in [3.63, 3.8) is 0 Å². The molecule has 36 heavy (non-hydrogen) atoms. The van der Waals surface area contributed by atoms with Gasteiger partial charge in [0.1, 0.15) is 17.5 Å². The predicted octanol–water partition coefficient (Wildman–Crippen LogP) is 4.58. The Labute approximate surface area is 210 Å². The van der Waals surface area contributed by atoms with E-state index >= 15 is 0 Å². The Morgan fingerprint density at radius 3 is 2.11 bits per heavy atom. The first-order valence-corrected chi connectivity index (χ1v) is 12.5. The molecular formula is C28H31F2N5O. The van der Waals surface area contributed by atoms with Crippen molar-refractivity contribution in [3.05, 3.63) is 95.2 Å². The zero-order valence-corrected chi connectivity index (χ0v) is 20.2. The maximum Gasteiger partial charge on any atom is 0.324 e. The fourth-order valence-electron chi connectivity index (χ4n) is 5.09. The molecule has 1 aromatic heterocycles. The Morgan fingerprint density at radius 1 is 0.861 bits per heavy atom. The fourth-order valence-corrected chi connectivity index (χ4v) is 5.09. The molecule has 6 nitrogen and oxygen atoms in total. The van der Waals surface area contributed by atoms with Gasteiger partial charge in [0.2, 0.25) is 0 Å². The number of carbonyl (C=O) groups is 1. The SMILES string of the molecule is O=C1NCc2cccnc2N1CN1CCN(CCCC(c2ccc(F)cc2)c2ccc(F)cc2)CC1. The van der Waals surface area contributed by atoms with Crippen LogP contribution in [0.5, 0.6) is 0 Å². The third kappa shape index (κ3) is 5.71. The average molecular weight is 492 g/mol. The van der Waals surface area contributed by atoms with Crippen molar-refractivity contribution in [3.8, 4) is 0 Å². The first-order chi connectivity index (χ1) is 17.6. The van der Waals surface area contributed by atoms with E-state index in [-0.39, 0.29) is 23.6 Å². The van der Waals surface area contributed by atoms with Gasteiger partial charge in [0, 0.05) is 50.4 Å². The van der Waals surface area contributed by atoms with Gasteiger partial charge in [0.25, 0.3) is 0 Å². The second kappa shape index (κ2) is 11.1. The monoisotopic (exact) mass is 491 g/mol. The molecule has 2 aliphatic heterocycles. The first kappa shape index (κ1) is 24.3. The molecule has 2 aromatic carbocycles. The molecule has 0 aliphatic carbocycles. The van der Waals surface area contributed by atoms with Gasteiger partial charge in [-0.05, 0) is 60.8 Å². The summed E-state index contributed by atoms with van der Waals surface area (Å²) in [5, 5.41) is 2.93. The number of nitrogens with zero attached hydrogens (tertiary/aromatic N) is 4. The number of hydrogen-bond donors (Lipinski definition) is 1. The largest absolute Gasteiger partial charge is 0.333 e. The summed E-state index contributed by atoms with van der Waals surface area (Å²) in [5.41, 5.74) is 3.12. The van der Waals surface area contributed by atoms with Gasteiger partial charge >= 0.3 is 6.03 Å². The van der Waals surface area contributed by atoms with Gasteiger partial charge in [-0.3, -0.25) is 9.80 Å². The average Bonchev–Trinajstić information content (AvgIpc) is 2.90. The number of aromatic nitrogens is 1. The molecule has 2 aliphatic rings. The molecule has 1 N–H and O–H groups in total. The summed E-state index contributed by atoms with van der Waals surface area (Å²) in [4.78, 5) is 23.4. The molecule has 1 saturated heterocycles. The van der Waals surface area contributed by atoms with Gasteiger partial charge in [0.15, 0.2) is 0 Å². The van der Waals surface area contributed by atoms with E-state index in [9.17, 15) is 13.6 Å². The van der Waals surface area contributed by atoms with Crippen LogP contribution in [0.15, 0.2) is 66.9 Å². The molecule has 8 heteroatoms. The van der Waals surface area contributed by atoms with Gasteiger partial charge in [-0.2, -0.15) is 0 Å². The smallest absolute Gasteiger partial charge is 0.324 e. The number of fused-ring (bicyclic) bond motifs is 1. The van der Waals surface area contributed by atoms with Crippen molar-refractivity contribution in [1.82, 2.24) is 20.1 Å². The quantitative estimate of drug-likeness (QED) is 0.501. The summed E-state index contributed by atoms with van der Waals surface area (Å²) in [6, 6.07) is 17.0. The summed E-state index contributed by atoms with van der Waals surface area (Å²) in [6.07, 6.45) is 3.60. The Balaban J connectivity index is 1.14. The van der Waals surface area contributed by atoms with Crippen LogP contribution in [-0.4, -0.2) is 60.2 Å². The van der Waals surface area contributed by atoms with E-state index in [0.717, 1.165) is 68.1 Å². The highest BCUT2D eigenvalue weighted by Gasteiger charge is 2.28. The molecule has 0 atom stereocenters. The molecule has 3 heterocycles. The minimum atomic E-state index is -0.254. The second-order valence-electron chi connectivity index (χ2n) is 9.47. The van der Waals surface area contributed by atoms with Crippen LogP contribution < -0.4 is 10.2 Å². The Bertz CT molecular complexity index is 1120. The van der Waals surface area contributed by atoms with Crippen molar-refractivity contribution in [2.45, 2.75) is 25.3 Å². The van der Waals surface area contributed by atoms with E-state index in [1.807, 2.05) is 36.4 Å². The molecule has 0 spiro atoms. The maximum absolute atomic E-state index is 13.5. The standard InChI is InChI=1S/C28H31F2N5O/c29-24-9-5-21(6-10-24)26(22-7-11-25(30)12-8-22)4-2-14-33-15-17-34(18-16-33)20-35-27-23(3-1-13-31-27)19-32-28(35)36/h1,3,5-13,26H,2,4,14-20H2,(H,32,36). The molecule has 188 valence electrons. The van der Waals surface area contributed by atoms with Gasteiger partial charge in [-0.25, -0.2) is 18.6 Å². The summed E-state index contributed by atoms with van der Waals surface area (Å²) in [7, 11) is 0. The van der Waals surface area contributed by atoms with Crippen molar-refractivity contribution in [2.75, 3.05) is 44.3 Å². The summed E-state index contributed by atoms with van der Waals surface area (Å²) in [6.45, 7) is 5.63. The number of piperazine rings is 1. The van der Waals surface area contributed by atoms with Crippen LogP contribution in [0, 0.1) is 11.6 Å². The van der Waals surface area contributed by atoms with Crippen molar-refractivity contribution in [2.24, 2.45) is 0 Å². The zero-order chi connectivity index (χ0) is 24.9. The number of anilines is 1. The lowest BCUT2D eigenvalue weighted by Crippen LogP contribution is -2.54. The highest BCUT2D eigenvalue weighted by molar-refractivity contribution is 5.93. The second-order valence-corrected chi connectivity index (χ2v) is 9.47. The normalized spacial score (nSPS) is 16.8. The van der Waals surface area contributed by atoms with Crippen LogP contribution in [0.2, 0.25) is 0 Å². The van der Waals surface area contributed by atoms with E-state index in [0.29, 0.717) is 13.2 Å². The third-order valence-corrected chi connectivity index (χ3v) is 7.12. The van der Waals surface area contributed by atoms with Crippen LogP contribution in [0.1, 0.15) is 35.4 Å². The molecule has 0 saturated carbocycles. The number of amides is 2. The number of urea groups is 1. The Morgan fingerprint density at radius 2 is 1.47 bits per heavy atom. The van der Waals surface area contributed by atoms with Crippen molar-refractivity contribution in [1.29, 1.82) is 0 Å². The molecular weight excluding hydrogens is 460 g/mol. The number of pyridine rings is 1. The third-order valence-electron chi connectivity index (χ3n) is 7.12. The number of rotatable bonds is 8. The molecule has 1 fully saturated rings. The zero-order valence-electron chi connectivity index (χ0n) is 20.2. The van der Waals surface area contributed by atoms with Crippen LogP contribution in [0.4, 0.5) is 19.4 Å². The number of halogens is 2. The Hall–Kier alpha value is -3.36. The molecule has 0 radical (unpaired) electrons. The summed E-state index contributed by atoms with van der Waals surface area (Å²) < 4.78 is 27.0. The first-order valence-electron chi connectivity index (χ1n) is 12.5. The number of benzene rings is 2. The van der Waals surface area contributed by atoms with Crippen molar-refractivity contribution < 1.29 is 13.6 Å². The van der Waals surface area contributed by atoms with E-state index < -0.39 is 0 Å². The number of nitrogens with one attached hydrogen (secondary N) is 1. The lowest BCUT2D eigenvalue weighted by Gasteiger charge is -2.38. The number of hydrogen-bond acceptors (Lipinski definition) is 4. The summed E-state index contributed by atoms with van der Waals surface area (Å²) in [5.74, 6) is 0.334. The fraction of sp³-hybridized carbons (Fsp3) is 0.357. The van der Waals surface area contributed by atoms with E-state index in [1.54, 1.807) is 11.1 Å². The highest BCUT2D eigenvalue weighted by atomic mass is 19.1. The molecule has 3 aromatic rings. The van der Waals surface area contributed by atoms with Gasteiger partial charge < -0.3 is 10.2 Å². The molecule has 5 rings (SSSR count). The number of carbonyl (C=O) groups excluding carboxylic acids is 1. The topological polar surface area (TPSA) is 51.7 Å². The van der Waals surface area contributed by atoms with Crippen LogP contribution >= 0.6 is 0 Å². The van der Waals surface area contributed by atoms with Gasteiger partial charge in [0.05, 0.1) is 6.67 Å². The van der Waals surface area contributed by atoms with E-state index in [1.165, 1.54) is 24.3 Å². The highest BCUT2D eigenvalue weighted by Crippen LogP contribution is 2.30. The van der Waals surface area contributed by atoms with Crippen LogP contribution in [-0.2, 0) is 6.54 Å². The maximum atomic E-state index is 13.5. The minimum absolute atomic E-state index is 0.0951. The van der Waals surface area contributed by atoms with E-state index in [2.05, 4.69) is 20.1 Å². The molecule has 2 amide bonds.